The molecule has 1 aromatic heterocycles. The second kappa shape index (κ2) is 8.11. The van der Waals surface area contributed by atoms with E-state index in [0.29, 0.717) is 23.4 Å². The van der Waals surface area contributed by atoms with Crippen molar-refractivity contribution in [2.75, 3.05) is 5.32 Å². The van der Waals surface area contributed by atoms with Gasteiger partial charge in [-0.05, 0) is 39.3 Å². The van der Waals surface area contributed by atoms with Gasteiger partial charge < -0.3 is 14.6 Å². The number of anilines is 1. The van der Waals surface area contributed by atoms with Crippen molar-refractivity contribution in [3.05, 3.63) is 46.8 Å². The largest absolute Gasteiger partial charge is 0.453 e. The Morgan fingerprint density at radius 3 is 2.72 bits per heavy atom. The Hall–Kier alpha value is -3.14. The minimum Gasteiger partial charge on any atom is -0.453 e. The number of hydrogen-bond donors (Lipinski definition) is 1. The van der Waals surface area contributed by atoms with Crippen molar-refractivity contribution in [1.82, 2.24) is 5.16 Å². The molecule has 25 heavy (non-hydrogen) atoms. The lowest BCUT2D eigenvalue weighted by molar-refractivity contribution is -0.153. The molecule has 0 saturated carbocycles. The van der Waals surface area contributed by atoms with Crippen LogP contribution in [0.4, 0.5) is 5.69 Å². The first-order valence-corrected chi connectivity index (χ1v) is 7.83. The maximum Gasteiger partial charge on any atom is 0.306 e. The van der Waals surface area contributed by atoms with Crippen LogP contribution in [-0.4, -0.2) is 23.1 Å². The zero-order chi connectivity index (χ0) is 18.4. The first-order chi connectivity index (χ1) is 11.9. The highest BCUT2D eigenvalue weighted by Gasteiger charge is 2.19. The Morgan fingerprint density at radius 1 is 1.36 bits per heavy atom. The number of rotatable bonds is 6. The monoisotopic (exact) mass is 341 g/mol. The lowest BCUT2D eigenvalue weighted by Crippen LogP contribution is -2.30. The molecule has 1 N–H and O–H groups in total. The average Bonchev–Trinajstić information content (AvgIpc) is 2.91. The van der Waals surface area contributed by atoms with Gasteiger partial charge in [0.25, 0.3) is 5.91 Å². The minimum absolute atomic E-state index is 0.120. The highest BCUT2D eigenvalue weighted by atomic mass is 16.5. The predicted octanol–water partition coefficient (Wildman–Crippen LogP) is 2.67. The van der Waals surface area contributed by atoms with Crippen LogP contribution in [0.2, 0.25) is 0 Å². The number of aryl methyl sites for hydroxylation is 2. The molecule has 0 aliphatic rings. The van der Waals surface area contributed by atoms with Crippen molar-refractivity contribution in [3.8, 4) is 6.07 Å². The third-order valence-electron chi connectivity index (χ3n) is 3.74. The fraction of sp³-hybridized carbons (Fsp3) is 0.333. The molecule has 0 saturated heterocycles. The van der Waals surface area contributed by atoms with E-state index in [4.69, 9.17) is 14.5 Å². The van der Waals surface area contributed by atoms with Crippen molar-refractivity contribution in [3.63, 3.8) is 0 Å². The van der Waals surface area contributed by atoms with Gasteiger partial charge in [-0.25, -0.2) is 0 Å². The average molecular weight is 341 g/mol. The Bertz CT molecular complexity index is 800. The lowest BCUT2D eigenvalue weighted by Gasteiger charge is -2.14. The number of carbonyl (C=O) groups excluding carboxylic acids is 2. The molecule has 0 bridgehead atoms. The maximum absolute atomic E-state index is 12.1. The molecule has 1 aromatic carbocycles. The quantitative estimate of drug-likeness (QED) is 0.810. The molecule has 0 radical (unpaired) electrons. The summed E-state index contributed by atoms with van der Waals surface area (Å²) in [5.41, 5.74) is 2.34. The van der Waals surface area contributed by atoms with Gasteiger partial charge in [0, 0.05) is 12.0 Å². The van der Waals surface area contributed by atoms with E-state index >= 15 is 0 Å². The van der Waals surface area contributed by atoms with Crippen LogP contribution in [-0.2, 0) is 20.7 Å². The van der Waals surface area contributed by atoms with Gasteiger partial charge in [-0.2, -0.15) is 5.26 Å². The number of hydrogen-bond acceptors (Lipinski definition) is 6. The molecule has 0 unspecified atom stereocenters. The topological polar surface area (TPSA) is 105 Å². The second-order valence-electron chi connectivity index (χ2n) is 5.58. The summed E-state index contributed by atoms with van der Waals surface area (Å²) in [7, 11) is 0. The van der Waals surface area contributed by atoms with Gasteiger partial charge in [0.15, 0.2) is 6.10 Å². The van der Waals surface area contributed by atoms with Crippen LogP contribution in [0.15, 0.2) is 28.8 Å². The summed E-state index contributed by atoms with van der Waals surface area (Å²) in [5.74, 6) is -0.311. The first kappa shape index (κ1) is 18.2. The van der Waals surface area contributed by atoms with E-state index in [9.17, 15) is 9.59 Å². The third-order valence-corrected chi connectivity index (χ3v) is 3.74. The van der Waals surface area contributed by atoms with Crippen molar-refractivity contribution >= 4 is 17.6 Å². The summed E-state index contributed by atoms with van der Waals surface area (Å²) in [6.07, 6.45) is -0.412. The minimum atomic E-state index is -0.969. The molecule has 1 amide bonds. The highest BCUT2D eigenvalue weighted by molar-refractivity contribution is 5.96. The molecule has 0 spiro atoms. The van der Waals surface area contributed by atoms with Gasteiger partial charge in [0.05, 0.1) is 16.9 Å². The summed E-state index contributed by atoms with van der Waals surface area (Å²) in [4.78, 5) is 24.1. The van der Waals surface area contributed by atoms with Crippen LogP contribution >= 0.6 is 0 Å². The van der Waals surface area contributed by atoms with Crippen molar-refractivity contribution in [2.24, 2.45) is 0 Å². The normalized spacial score (nSPS) is 11.4. The van der Waals surface area contributed by atoms with Crippen LogP contribution in [0.1, 0.15) is 35.9 Å². The third kappa shape index (κ3) is 4.67. The van der Waals surface area contributed by atoms with Crippen molar-refractivity contribution < 1.29 is 18.8 Å². The Labute approximate surface area is 145 Å². The van der Waals surface area contributed by atoms with Crippen molar-refractivity contribution in [1.29, 1.82) is 5.26 Å². The van der Waals surface area contributed by atoms with Gasteiger partial charge in [0.1, 0.15) is 11.8 Å². The Balaban J connectivity index is 1.88. The van der Waals surface area contributed by atoms with E-state index in [-0.39, 0.29) is 6.42 Å². The smallest absolute Gasteiger partial charge is 0.306 e. The van der Waals surface area contributed by atoms with Gasteiger partial charge in [-0.3, -0.25) is 9.59 Å². The van der Waals surface area contributed by atoms with E-state index in [1.807, 2.05) is 6.07 Å². The molecule has 0 aliphatic heterocycles. The maximum atomic E-state index is 12.1. The summed E-state index contributed by atoms with van der Waals surface area (Å²) in [6, 6.07) is 8.60. The molecule has 2 aromatic rings. The number of nitrogens with zero attached hydrogens (tertiary/aromatic N) is 2. The molecular formula is C18H19N3O4. The van der Waals surface area contributed by atoms with Crippen molar-refractivity contribution in [2.45, 2.75) is 39.7 Å². The van der Waals surface area contributed by atoms with Crippen LogP contribution in [0.25, 0.3) is 0 Å². The summed E-state index contributed by atoms with van der Waals surface area (Å²) in [5, 5.41) is 15.4. The summed E-state index contributed by atoms with van der Waals surface area (Å²) in [6.45, 7) is 5.07. The first-order valence-electron chi connectivity index (χ1n) is 7.83. The number of esters is 1. The van der Waals surface area contributed by atoms with E-state index < -0.39 is 18.0 Å². The number of amides is 1. The standard InChI is InChI=1S/C18H19N3O4/c1-11-15(12(2)25-21-11)8-9-17(22)24-13(3)18(23)20-16-7-5-4-6-14(16)10-19/h4-7,13H,8-9H2,1-3H3,(H,20,23)/t13-/m1/s1. The zero-order valence-corrected chi connectivity index (χ0v) is 14.3. The van der Waals surface area contributed by atoms with Crippen LogP contribution < -0.4 is 5.32 Å². The molecule has 7 heteroatoms. The fourth-order valence-corrected chi connectivity index (χ4v) is 2.32. The number of ether oxygens (including phenoxy) is 1. The predicted molar refractivity (Wildman–Crippen MR) is 89.6 cm³/mol. The van der Waals surface area contributed by atoms with Gasteiger partial charge in [-0.1, -0.05) is 17.3 Å². The number of benzene rings is 1. The van der Waals surface area contributed by atoms with Crippen LogP contribution in [0.3, 0.4) is 0 Å². The number of carbonyl (C=O) groups is 2. The zero-order valence-electron chi connectivity index (χ0n) is 14.3. The van der Waals surface area contributed by atoms with E-state index in [2.05, 4.69) is 10.5 Å². The molecule has 1 heterocycles. The van der Waals surface area contributed by atoms with E-state index in [1.165, 1.54) is 6.92 Å². The lowest BCUT2D eigenvalue weighted by atomic mass is 10.1. The molecule has 1 atom stereocenters. The number of para-hydroxylation sites is 1. The molecule has 130 valence electrons. The number of nitrogens with one attached hydrogen (secondary N) is 1. The van der Waals surface area contributed by atoms with E-state index in [0.717, 1.165) is 11.3 Å². The van der Waals surface area contributed by atoms with E-state index in [1.54, 1.807) is 38.1 Å². The van der Waals surface area contributed by atoms with Crippen LogP contribution in [0, 0.1) is 25.2 Å². The number of aromatic nitrogens is 1. The second-order valence-corrected chi connectivity index (χ2v) is 5.58. The van der Waals surface area contributed by atoms with Gasteiger partial charge >= 0.3 is 5.97 Å². The van der Waals surface area contributed by atoms with Crippen LogP contribution in [0.5, 0.6) is 0 Å². The SMILES string of the molecule is Cc1noc(C)c1CCC(=O)O[C@H](C)C(=O)Nc1ccccc1C#N. The molecular weight excluding hydrogens is 322 g/mol. The highest BCUT2D eigenvalue weighted by Crippen LogP contribution is 2.16. The number of nitriles is 1. The van der Waals surface area contributed by atoms with Gasteiger partial charge in [-0.15, -0.1) is 0 Å². The molecule has 7 nitrogen and oxygen atoms in total. The molecule has 0 fully saturated rings. The summed E-state index contributed by atoms with van der Waals surface area (Å²) < 4.78 is 10.2. The molecule has 0 aliphatic carbocycles. The molecule has 2 rings (SSSR count). The summed E-state index contributed by atoms with van der Waals surface area (Å²) >= 11 is 0. The Kier molecular flexibility index (Phi) is 5.90. The fourth-order valence-electron chi connectivity index (χ4n) is 2.32. The van der Waals surface area contributed by atoms with Gasteiger partial charge in [0.2, 0.25) is 0 Å². The Morgan fingerprint density at radius 2 is 2.08 bits per heavy atom.